The molecule has 1 aliphatic carbocycles. The highest BCUT2D eigenvalue weighted by atomic mass is 32.1. The standard InChI is InChI=1S/C23H26N4O3S/c1-2-30-18-11-8-16(9-12-18)24-22(29)25-17-10-13-20-19(14-17)26-23(31-20)27-21(28)15-6-4-3-5-7-15/h8-15H,2-7H2,1H3,(H2,24,25,29)(H,26,27,28). The average Bonchev–Trinajstić information content (AvgIpc) is 3.17. The van der Waals surface area contributed by atoms with Crippen molar-refractivity contribution in [1.82, 2.24) is 4.98 Å². The van der Waals surface area contributed by atoms with Gasteiger partial charge >= 0.3 is 6.03 Å². The second-order valence-corrected chi connectivity index (χ2v) is 8.59. The van der Waals surface area contributed by atoms with Gasteiger partial charge in [0.05, 0.1) is 16.8 Å². The molecule has 162 valence electrons. The molecule has 0 bridgehead atoms. The van der Waals surface area contributed by atoms with Crippen molar-refractivity contribution in [2.24, 2.45) is 5.92 Å². The van der Waals surface area contributed by atoms with E-state index >= 15 is 0 Å². The Kier molecular flexibility index (Phi) is 6.66. The van der Waals surface area contributed by atoms with E-state index in [1.54, 1.807) is 18.2 Å². The zero-order chi connectivity index (χ0) is 21.6. The number of thiazole rings is 1. The molecular formula is C23H26N4O3S. The Morgan fingerprint density at radius 1 is 1.00 bits per heavy atom. The van der Waals surface area contributed by atoms with E-state index in [-0.39, 0.29) is 17.9 Å². The number of hydrogen-bond acceptors (Lipinski definition) is 5. The molecule has 0 saturated heterocycles. The number of benzene rings is 2. The van der Waals surface area contributed by atoms with E-state index in [9.17, 15) is 9.59 Å². The van der Waals surface area contributed by atoms with Gasteiger partial charge in [-0.1, -0.05) is 30.6 Å². The van der Waals surface area contributed by atoms with Crippen molar-refractivity contribution in [3.05, 3.63) is 42.5 Å². The Morgan fingerprint density at radius 3 is 2.45 bits per heavy atom. The van der Waals surface area contributed by atoms with Crippen LogP contribution in [-0.2, 0) is 4.79 Å². The van der Waals surface area contributed by atoms with E-state index in [4.69, 9.17) is 4.74 Å². The summed E-state index contributed by atoms with van der Waals surface area (Å²) in [4.78, 5) is 29.3. The molecule has 31 heavy (non-hydrogen) atoms. The minimum atomic E-state index is -0.343. The summed E-state index contributed by atoms with van der Waals surface area (Å²) in [5, 5.41) is 9.18. The number of ether oxygens (including phenoxy) is 1. The predicted molar refractivity (Wildman–Crippen MR) is 125 cm³/mol. The normalized spacial score (nSPS) is 14.2. The van der Waals surface area contributed by atoms with Gasteiger partial charge < -0.3 is 20.7 Å². The summed E-state index contributed by atoms with van der Waals surface area (Å²) in [6.45, 7) is 2.52. The van der Waals surface area contributed by atoms with E-state index in [0.29, 0.717) is 23.1 Å². The fourth-order valence-corrected chi connectivity index (χ4v) is 4.57. The molecule has 0 radical (unpaired) electrons. The molecule has 1 fully saturated rings. The van der Waals surface area contributed by atoms with Crippen LogP contribution >= 0.6 is 11.3 Å². The Bertz CT molecular complexity index is 1060. The Balaban J connectivity index is 1.37. The molecule has 2 aromatic carbocycles. The molecular weight excluding hydrogens is 412 g/mol. The van der Waals surface area contributed by atoms with Crippen LogP contribution in [0, 0.1) is 5.92 Å². The van der Waals surface area contributed by atoms with Gasteiger partial charge in [0.15, 0.2) is 5.13 Å². The molecule has 3 amide bonds. The zero-order valence-corrected chi connectivity index (χ0v) is 18.3. The van der Waals surface area contributed by atoms with Crippen LogP contribution in [0.5, 0.6) is 5.75 Å². The van der Waals surface area contributed by atoms with Crippen molar-refractivity contribution in [3.8, 4) is 5.75 Å². The Hall–Kier alpha value is -3.13. The third-order valence-electron chi connectivity index (χ3n) is 5.27. The molecule has 1 heterocycles. The smallest absolute Gasteiger partial charge is 0.323 e. The maximum absolute atomic E-state index is 12.5. The number of nitrogens with zero attached hydrogens (tertiary/aromatic N) is 1. The van der Waals surface area contributed by atoms with Gasteiger partial charge in [-0.15, -0.1) is 0 Å². The number of carbonyl (C=O) groups excluding carboxylic acids is 2. The van der Waals surface area contributed by atoms with Gasteiger partial charge in [-0.2, -0.15) is 0 Å². The second kappa shape index (κ2) is 9.78. The highest BCUT2D eigenvalue weighted by molar-refractivity contribution is 7.22. The predicted octanol–water partition coefficient (Wildman–Crippen LogP) is 5.86. The Labute approximate surface area is 185 Å². The molecule has 0 unspecified atom stereocenters. The largest absolute Gasteiger partial charge is 0.494 e. The maximum atomic E-state index is 12.5. The molecule has 0 spiro atoms. The first-order valence-corrected chi connectivity index (χ1v) is 11.4. The molecule has 1 saturated carbocycles. The molecule has 1 aliphatic rings. The van der Waals surface area contributed by atoms with Gasteiger partial charge in [0.2, 0.25) is 5.91 Å². The lowest BCUT2D eigenvalue weighted by Gasteiger charge is -2.19. The summed E-state index contributed by atoms with van der Waals surface area (Å²) in [5.41, 5.74) is 2.04. The Morgan fingerprint density at radius 2 is 1.71 bits per heavy atom. The molecule has 0 aliphatic heterocycles. The maximum Gasteiger partial charge on any atom is 0.323 e. The fraction of sp³-hybridized carbons (Fsp3) is 0.348. The topological polar surface area (TPSA) is 92.4 Å². The monoisotopic (exact) mass is 438 g/mol. The number of aromatic nitrogens is 1. The van der Waals surface area contributed by atoms with Gasteiger partial charge in [-0.05, 0) is 62.2 Å². The summed E-state index contributed by atoms with van der Waals surface area (Å²) in [5.74, 6) is 0.907. The van der Waals surface area contributed by atoms with E-state index in [2.05, 4.69) is 20.9 Å². The summed E-state index contributed by atoms with van der Waals surface area (Å²) in [7, 11) is 0. The van der Waals surface area contributed by atoms with Crippen LogP contribution in [0.1, 0.15) is 39.0 Å². The third kappa shape index (κ3) is 5.52. The van der Waals surface area contributed by atoms with Crippen molar-refractivity contribution in [2.75, 3.05) is 22.6 Å². The number of amides is 3. The molecule has 3 N–H and O–H groups in total. The molecule has 1 aromatic heterocycles. The summed E-state index contributed by atoms with van der Waals surface area (Å²) in [6, 6.07) is 12.4. The zero-order valence-electron chi connectivity index (χ0n) is 17.4. The molecule has 3 aromatic rings. The van der Waals surface area contributed by atoms with Crippen molar-refractivity contribution >= 4 is 50.0 Å². The van der Waals surface area contributed by atoms with Gasteiger partial charge in [0.1, 0.15) is 5.75 Å². The quantitative estimate of drug-likeness (QED) is 0.450. The van der Waals surface area contributed by atoms with Crippen LogP contribution in [0.4, 0.5) is 21.3 Å². The van der Waals surface area contributed by atoms with Crippen molar-refractivity contribution < 1.29 is 14.3 Å². The minimum absolute atomic E-state index is 0.0619. The average molecular weight is 439 g/mol. The van der Waals surface area contributed by atoms with Crippen LogP contribution in [0.3, 0.4) is 0 Å². The minimum Gasteiger partial charge on any atom is -0.494 e. The van der Waals surface area contributed by atoms with Crippen molar-refractivity contribution in [3.63, 3.8) is 0 Å². The molecule has 0 atom stereocenters. The van der Waals surface area contributed by atoms with E-state index < -0.39 is 0 Å². The highest BCUT2D eigenvalue weighted by Gasteiger charge is 2.22. The van der Waals surface area contributed by atoms with Crippen LogP contribution in [0.2, 0.25) is 0 Å². The summed E-state index contributed by atoms with van der Waals surface area (Å²) >= 11 is 1.44. The van der Waals surface area contributed by atoms with E-state index in [1.165, 1.54) is 17.8 Å². The molecule has 8 heteroatoms. The first-order valence-electron chi connectivity index (χ1n) is 10.6. The van der Waals surface area contributed by atoms with Gasteiger partial charge in [0, 0.05) is 17.3 Å². The van der Waals surface area contributed by atoms with Gasteiger partial charge in [0.25, 0.3) is 0 Å². The first kappa shape index (κ1) is 21.1. The lowest BCUT2D eigenvalue weighted by Crippen LogP contribution is -2.24. The number of hydrogen-bond donors (Lipinski definition) is 3. The van der Waals surface area contributed by atoms with Crippen molar-refractivity contribution in [2.45, 2.75) is 39.0 Å². The number of nitrogens with one attached hydrogen (secondary N) is 3. The molecule has 4 rings (SSSR count). The lowest BCUT2D eigenvalue weighted by atomic mass is 9.89. The summed E-state index contributed by atoms with van der Waals surface area (Å²) in [6.07, 6.45) is 5.35. The van der Waals surface area contributed by atoms with Crippen LogP contribution in [0.15, 0.2) is 42.5 Å². The third-order valence-corrected chi connectivity index (χ3v) is 6.23. The summed E-state index contributed by atoms with van der Waals surface area (Å²) < 4.78 is 6.36. The van der Waals surface area contributed by atoms with Gasteiger partial charge in [-0.25, -0.2) is 9.78 Å². The lowest BCUT2D eigenvalue weighted by molar-refractivity contribution is -0.120. The van der Waals surface area contributed by atoms with Crippen molar-refractivity contribution in [1.29, 1.82) is 0 Å². The molecule has 7 nitrogen and oxygen atoms in total. The number of carbonyl (C=O) groups is 2. The van der Waals surface area contributed by atoms with Crippen LogP contribution in [0.25, 0.3) is 10.2 Å². The number of fused-ring (bicyclic) bond motifs is 1. The van der Waals surface area contributed by atoms with E-state index in [1.807, 2.05) is 31.2 Å². The first-order chi connectivity index (χ1) is 15.1. The number of urea groups is 1. The second-order valence-electron chi connectivity index (χ2n) is 7.56. The highest BCUT2D eigenvalue weighted by Crippen LogP contribution is 2.30. The number of rotatable bonds is 6. The van der Waals surface area contributed by atoms with Crippen LogP contribution in [-0.4, -0.2) is 23.5 Å². The number of anilines is 3. The van der Waals surface area contributed by atoms with E-state index in [0.717, 1.165) is 41.6 Å². The van der Waals surface area contributed by atoms with Gasteiger partial charge in [-0.3, -0.25) is 4.79 Å². The SMILES string of the molecule is CCOc1ccc(NC(=O)Nc2ccc3sc(NC(=O)C4CCCCC4)nc3c2)cc1. The van der Waals surface area contributed by atoms with Crippen LogP contribution < -0.4 is 20.7 Å². The fourth-order valence-electron chi connectivity index (χ4n) is 3.73.